The minimum absolute atomic E-state index is 0.0204. The van der Waals surface area contributed by atoms with Crippen LogP contribution >= 0.6 is 0 Å². The molecule has 0 amide bonds. The SMILES string of the molecule is CN(C)c1cnc(-c2cc[n+](CCS(=O)(=O)[O-])nc2)nc1. The van der Waals surface area contributed by atoms with Gasteiger partial charge in [0.25, 0.3) is 0 Å². The summed E-state index contributed by atoms with van der Waals surface area (Å²) >= 11 is 0. The Labute approximate surface area is 122 Å². The normalized spacial score (nSPS) is 11.4. The van der Waals surface area contributed by atoms with E-state index >= 15 is 0 Å². The lowest BCUT2D eigenvalue weighted by Gasteiger charge is -2.10. The summed E-state index contributed by atoms with van der Waals surface area (Å²) in [6.45, 7) is 0.0204. The molecule has 0 bridgehead atoms. The Kier molecular flexibility index (Phi) is 4.43. The second kappa shape index (κ2) is 6.10. The van der Waals surface area contributed by atoms with Gasteiger partial charge in [0.15, 0.2) is 18.6 Å². The van der Waals surface area contributed by atoms with Crippen molar-refractivity contribution in [1.82, 2.24) is 15.1 Å². The van der Waals surface area contributed by atoms with Crippen LogP contribution in [0.25, 0.3) is 11.4 Å². The van der Waals surface area contributed by atoms with Crippen LogP contribution in [0, 0.1) is 0 Å². The Morgan fingerprint density at radius 3 is 2.38 bits per heavy atom. The van der Waals surface area contributed by atoms with Crippen molar-refractivity contribution in [1.29, 1.82) is 0 Å². The quantitative estimate of drug-likeness (QED) is 0.538. The molecule has 0 unspecified atom stereocenters. The van der Waals surface area contributed by atoms with Gasteiger partial charge in [0, 0.05) is 25.7 Å². The van der Waals surface area contributed by atoms with Gasteiger partial charge in [0.2, 0.25) is 0 Å². The van der Waals surface area contributed by atoms with Gasteiger partial charge in [-0.05, 0) is 5.10 Å². The van der Waals surface area contributed by atoms with Gasteiger partial charge in [-0.1, -0.05) is 4.68 Å². The zero-order valence-electron chi connectivity index (χ0n) is 11.7. The van der Waals surface area contributed by atoms with Crippen LogP contribution < -0.4 is 9.58 Å². The molecule has 0 aliphatic carbocycles. The average molecular weight is 309 g/mol. The molecule has 2 aromatic rings. The molecular formula is C12H15N5O3S. The van der Waals surface area contributed by atoms with Crippen LogP contribution in [0.4, 0.5) is 5.69 Å². The van der Waals surface area contributed by atoms with Crippen molar-refractivity contribution >= 4 is 15.8 Å². The fourth-order valence-electron chi connectivity index (χ4n) is 1.56. The van der Waals surface area contributed by atoms with E-state index in [2.05, 4.69) is 15.1 Å². The van der Waals surface area contributed by atoms with E-state index in [1.54, 1.807) is 24.7 Å². The van der Waals surface area contributed by atoms with Crippen molar-refractivity contribution < 1.29 is 17.7 Å². The summed E-state index contributed by atoms with van der Waals surface area (Å²) in [4.78, 5) is 10.4. The van der Waals surface area contributed by atoms with E-state index in [1.807, 2.05) is 19.0 Å². The maximum Gasteiger partial charge on any atom is 0.197 e. The average Bonchev–Trinajstić information content (AvgIpc) is 2.45. The summed E-state index contributed by atoms with van der Waals surface area (Å²) < 4.78 is 33.1. The van der Waals surface area contributed by atoms with Crippen molar-refractivity contribution in [3.05, 3.63) is 30.9 Å². The molecule has 21 heavy (non-hydrogen) atoms. The first-order chi connectivity index (χ1) is 9.85. The standard InChI is InChI=1S/C12H15N5O3S/c1-16(2)11-8-13-12(14-9-11)10-3-4-17(15-7-10)5-6-21(18,19)20/h3-4,7-9H,5-6H2,1-2H3. The second-order valence-electron chi connectivity index (χ2n) is 4.60. The highest BCUT2D eigenvalue weighted by Gasteiger charge is 2.08. The zero-order chi connectivity index (χ0) is 15.5. The van der Waals surface area contributed by atoms with Gasteiger partial charge in [-0.15, -0.1) is 0 Å². The topological polar surface area (TPSA) is 103 Å². The summed E-state index contributed by atoms with van der Waals surface area (Å²) in [7, 11) is -0.441. The summed E-state index contributed by atoms with van der Waals surface area (Å²) in [5.74, 6) is 0.0367. The number of hydrogen-bond donors (Lipinski definition) is 0. The van der Waals surface area contributed by atoms with Gasteiger partial charge >= 0.3 is 0 Å². The van der Waals surface area contributed by atoms with Crippen LogP contribution in [0.5, 0.6) is 0 Å². The molecule has 0 spiro atoms. The lowest BCUT2D eigenvalue weighted by atomic mass is 10.3. The highest BCUT2D eigenvalue weighted by molar-refractivity contribution is 7.85. The maximum absolute atomic E-state index is 10.6. The molecule has 0 saturated carbocycles. The Bertz CT molecular complexity index is 699. The van der Waals surface area contributed by atoms with Gasteiger partial charge in [0.1, 0.15) is 16.3 Å². The molecule has 0 fully saturated rings. The molecule has 9 heteroatoms. The van der Waals surface area contributed by atoms with Crippen molar-refractivity contribution in [3.63, 3.8) is 0 Å². The van der Waals surface area contributed by atoms with Crippen molar-refractivity contribution in [2.24, 2.45) is 0 Å². The maximum atomic E-state index is 10.6. The molecule has 8 nitrogen and oxygen atoms in total. The van der Waals surface area contributed by atoms with Gasteiger partial charge in [-0.2, -0.15) is 0 Å². The van der Waals surface area contributed by atoms with E-state index in [4.69, 9.17) is 0 Å². The van der Waals surface area contributed by atoms with Crippen molar-refractivity contribution in [3.8, 4) is 11.4 Å². The number of hydrogen-bond acceptors (Lipinski definition) is 7. The Morgan fingerprint density at radius 2 is 1.90 bits per heavy atom. The molecule has 0 aromatic carbocycles. The van der Waals surface area contributed by atoms with Crippen molar-refractivity contribution in [2.75, 3.05) is 24.7 Å². The minimum atomic E-state index is -4.24. The smallest absolute Gasteiger partial charge is 0.197 e. The highest BCUT2D eigenvalue weighted by Crippen LogP contribution is 2.14. The predicted octanol–water partition coefficient (Wildman–Crippen LogP) is -0.563. The van der Waals surface area contributed by atoms with Crippen LogP contribution in [-0.4, -0.2) is 47.9 Å². The first kappa shape index (κ1) is 15.3. The van der Waals surface area contributed by atoms with Gasteiger partial charge < -0.3 is 9.45 Å². The lowest BCUT2D eigenvalue weighted by Crippen LogP contribution is -2.40. The van der Waals surface area contributed by atoms with Crippen LogP contribution in [-0.2, 0) is 16.7 Å². The summed E-state index contributed by atoms with van der Waals surface area (Å²) in [6.07, 6.45) is 6.52. The first-order valence-electron chi connectivity index (χ1n) is 6.14. The van der Waals surface area contributed by atoms with Gasteiger partial charge in [0.05, 0.1) is 23.8 Å². The summed E-state index contributed by atoms with van der Waals surface area (Å²) in [5, 5.41) is 4.04. The van der Waals surface area contributed by atoms with E-state index in [0.29, 0.717) is 11.4 Å². The third-order valence-corrected chi connectivity index (χ3v) is 3.44. The summed E-state index contributed by atoms with van der Waals surface area (Å²) in [6, 6.07) is 1.72. The highest BCUT2D eigenvalue weighted by atomic mass is 32.2. The van der Waals surface area contributed by atoms with E-state index in [-0.39, 0.29) is 6.54 Å². The minimum Gasteiger partial charge on any atom is -0.748 e. The molecule has 0 N–H and O–H groups in total. The first-order valence-corrected chi connectivity index (χ1v) is 7.72. The lowest BCUT2D eigenvalue weighted by molar-refractivity contribution is -0.750. The van der Waals surface area contributed by atoms with Crippen LogP contribution in [0.2, 0.25) is 0 Å². The van der Waals surface area contributed by atoms with Crippen LogP contribution in [0.3, 0.4) is 0 Å². The third-order valence-electron chi connectivity index (χ3n) is 2.75. The number of aromatic nitrogens is 4. The van der Waals surface area contributed by atoms with E-state index < -0.39 is 15.9 Å². The monoisotopic (exact) mass is 309 g/mol. The second-order valence-corrected chi connectivity index (χ2v) is 6.12. The molecule has 2 heterocycles. The Hall–Kier alpha value is -2.13. The van der Waals surface area contributed by atoms with E-state index in [0.717, 1.165) is 5.69 Å². The van der Waals surface area contributed by atoms with Crippen molar-refractivity contribution in [2.45, 2.75) is 6.54 Å². The molecule has 0 atom stereocenters. The molecule has 2 rings (SSSR count). The molecule has 0 radical (unpaired) electrons. The zero-order valence-corrected chi connectivity index (χ0v) is 12.5. The molecule has 112 valence electrons. The van der Waals surface area contributed by atoms with Gasteiger partial charge in [-0.3, -0.25) is 0 Å². The molecule has 0 aliphatic rings. The number of aryl methyl sites for hydroxylation is 1. The fraction of sp³-hybridized carbons (Fsp3) is 0.333. The molecule has 0 aliphatic heterocycles. The largest absolute Gasteiger partial charge is 0.748 e. The predicted molar refractivity (Wildman–Crippen MR) is 74.3 cm³/mol. The third kappa shape index (κ3) is 4.43. The van der Waals surface area contributed by atoms with Gasteiger partial charge in [-0.25, -0.2) is 18.4 Å². The Balaban J connectivity index is 2.11. The fourth-order valence-corrected chi connectivity index (χ4v) is 1.97. The molecular weight excluding hydrogens is 294 g/mol. The number of anilines is 1. The summed E-state index contributed by atoms with van der Waals surface area (Å²) in [5.41, 5.74) is 1.60. The van der Waals surface area contributed by atoms with Crippen LogP contribution in [0.1, 0.15) is 0 Å². The number of rotatable bonds is 5. The van der Waals surface area contributed by atoms with E-state index in [1.165, 1.54) is 10.9 Å². The number of nitrogens with zero attached hydrogens (tertiary/aromatic N) is 5. The van der Waals surface area contributed by atoms with E-state index in [9.17, 15) is 13.0 Å². The molecule has 0 saturated heterocycles. The van der Waals surface area contributed by atoms with Crippen LogP contribution in [0.15, 0.2) is 30.9 Å². The Morgan fingerprint density at radius 1 is 1.24 bits per heavy atom. The molecule has 2 aromatic heterocycles.